The summed E-state index contributed by atoms with van der Waals surface area (Å²) in [5, 5.41) is 2.77. The van der Waals surface area contributed by atoms with E-state index in [9.17, 15) is 9.59 Å². The van der Waals surface area contributed by atoms with Crippen LogP contribution >= 0.6 is 35.0 Å². The topological polar surface area (TPSA) is 50.5 Å². The first-order valence-electron chi connectivity index (χ1n) is 9.76. The van der Waals surface area contributed by atoms with Crippen LogP contribution in [-0.4, -0.2) is 16.0 Å². The summed E-state index contributed by atoms with van der Waals surface area (Å²) in [4.78, 5) is 27.0. The van der Waals surface area contributed by atoms with Gasteiger partial charge in [0.25, 0.3) is 11.1 Å². The van der Waals surface area contributed by atoms with E-state index in [4.69, 9.17) is 27.6 Å². The summed E-state index contributed by atoms with van der Waals surface area (Å²) < 4.78 is 5.84. The first kappa shape index (κ1) is 20.9. The molecule has 3 aromatic carbocycles. The van der Waals surface area contributed by atoms with Gasteiger partial charge in [-0.15, -0.1) is 0 Å². The molecule has 0 bridgehead atoms. The maximum Gasteiger partial charge on any atom is 0.293 e. The number of hydrogen-bond donors (Lipinski definition) is 0. The zero-order valence-electron chi connectivity index (χ0n) is 16.5. The summed E-state index contributed by atoms with van der Waals surface area (Å²) in [7, 11) is 0. The van der Waals surface area contributed by atoms with E-state index < -0.39 is 0 Å². The number of nitrogens with zero attached hydrogens (tertiary/aromatic N) is 1. The number of benzene rings is 3. The number of halogens is 2. The Morgan fingerprint density at radius 3 is 2.50 bits per heavy atom. The van der Waals surface area contributed by atoms with Crippen molar-refractivity contribution >= 4 is 63.0 Å². The summed E-state index contributed by atoms with van der Waals surface area (Å²) in [6.45, 7) is 0.222. The molecule has 5 rings (SSSR count). The molecule has 1 aliphatic heterocycles. The van der Waals surface area contributed by atoms with Crippen molar-refractivity contribution in [3.63, 3.8) is 0 Å². The van der Waals surface area contributed by atoms with Crippen molar-refractivity contribution in [1.82, 2.24) is 4.90 Å². The Morgan fingerprint density at radius 2 is 1.69 bits per heavy atom. The van der Waals surface area contributed by atoms with Crippen molar-refractivity contribution in [3.05, 3.63) is 99.1 Å². The standard InChI is InChI=1S/C25H15Cl2NO3S/c26-20-9-7-18(12-21(20)27)22-10-8-19(31-22)13-23-24(29)28(25(30)32-23)14-15-5-6-16-3-1-2-4-17(16)11-15/h1-13H,14H2/b23-13-. The number of carbonyl (C=O) groups excluding carboxylic acids is 2. The molecular weight excluding hydrogens is 465 g/mol. The van der Waals surface area contributed by atoms with Gasteiger partial charge in [0.1, 0.15) is 11.5 Å². The van der Waals surface area contributed by atoms with E-state index in [1.807, 2.05) is 42.5 Å². The van der Waals surface area contributed by atoms with Crippen LogP contribution in [0, 0.1) is 0 Å². The molecule has 0 atom stereocenters. The molecule has 0 radical (unpaired) electrons. The molecule has 32 heavy (non-hydrogen) atoms. The molecule has 1 aromatic heterocycles. The average Bonchev–Trinajstić information content (AvgIpc) is 3.36. The van der Waals surface area contributed by atoms with Crippen molar-refractivity contribution < 1.29 is 14.0 Å². The van der Waals surface area contributed by atoms with Crippen LogP contribution < -0.4 is 0 Å². The quantitative estimate of drug-likeness (QED) is 0.282. The van der Waals surface area contributed by atoms with Gasteiger partial charge in [0.05, 0.1) is 21.5 Å². The van der Waals surface area contributed by atoms with Crippen LogP contribution in [0.4, 0.5) is 4.79 Å². The third-order valence-electron chi connectivity index (χ3n) is 5.13. The number of imide groups is 1. The van der Waals surface area contributed by atoms with E-state index in [-0.39, 0.29) is 17.7 Å². The molecule has 1 fully saturated rings. The highest BCUT2D eigenvalue weighted by atomic mass is 35.5. The second-order valence-corrected chi connectivity index (χ2v) is 9.09. The highest BCUT2D eigenvalue weighted by Gasteiger charge is 2.35. The minimum Gasteiger partial charge on any atom is -0.457 e. The van der Waals surface area contributed by atoms with Gasteiger partial charge in [-0.05, 0) is 64.5 Å². The van der Waals surface area contributed by atoms with Gasteiger partial charge in [-0.1, -0.05) is 59.6 Å². The van der Waals surface area contributed by atoms with Crippen LogP contribution in [0.2, 0.25) is 10.0 Å². The Kier molecular flexibility index (Phi) is 5.55. The van der Waals surface area contributed by atoms with Gasteiger partial charge < -0.3 is 4.42 Å². The zero-order chi connectivity index (χ0) is 22.2. The Morgan fingerprint density at radius 1 is 0.875 bits per heavy atom. The van der Waals surface area contributed by atoms with Crippen LogP contribution in [0.15, 0.2) is 82.1 Å². The minimum absolute atomic E-state index is 0.222. The first-order valence-corrected chi connectivity index (χ1v) is 11.3. The SMILES string of the molecule is O=C1S/C(=C\c2ccc(-c3ccc(Cl)c(Cl)c3)o2)C(=O)N1Cc1ccc2ccccc2c1. The monoisotopic (exact) mass is 479 g/mol. The molecule has 0 N–H and O–H groups in total. The van der Waals surface area contributed by atoms with E-state index in [1.165, 1.54) is 4.90 Å². The van der Waals surface area contributed by atoms with Crippen molar-refractivity contribution in [2.45, 2.75) is 6.54 Å². The fourth-order valence-corrected chi connectivity index (χ4v) is 4.64. The second-order valence-electron chi connectivity index (χ2n) is 7.28. The lowest BCUT2D eigenvalue weighted by molar-refractivity contribution is -0.123. The summed E-state index contributed by atoms with van der Waals surface area (Å²) in [5.74, 6) is 0.730. The minimum atomic E-state index is -0.333. The molecule has 1 aliphatic rings. The molecule has 0 saturated carbocycles. The van der Waals surface area contributed by atoms with Crippen LogP contribution in [0.25, 0.3) is 28.2 Å². The number of furan rings is 1. The van der Waals surface area contributed by atoms with E-state index in [0.29, 0.717) is 26.5 Å². The lowest BCUT2D eigenvalue weighted by Crippen LogP contribution is -2.27. The normalized spacial score (nSPS) is 15.3. The molecule has 1 saturated heterocycles. The molecule has 158 valence electrons. The zero-order valence-corrected chi connectivity index (χ0v) is 18.9. The third-order valence-corrected chi connectivity index (χ3v) is 6.78. The number of amides is 2. The summed E-state index contributed by atoms with van der Waals surface area (Å²) in [5.41, 5.74) is 1.66. The van der Waals surface area contributed by atoms with Gasteiger partial charge in [0.2, 0.25) is 0 Å². The van der Waals surface area contributed by atoms with Gasteiger partial charge in [-0.2, -0.15) is 0 Å². The van der Waals surface area contributed by atoms with Gasteiger partial charge in [-0.25, -0.2) is 0 Å². The van der Waals surface area contributed by atoms with Crippen LogP contribution in [0.3, 0.4) is 0 Å². The highest BCUT2D eigenvalue weighted by molar-refractivity contribution is 8.18. The molecule has 0 spiro atoms. The summed E-state index contributed by atoms with van der Waals surface area (Å²) in [6.07, 6.45) is 1.59. The molecule has 4 nitrogen and oxygen atoms in total. The molecule has 0 unspecified atom stereocenters. The molecule has 2 amide bonds. The number of hydrogen-bond acceptors (Lipinski definition) is 4. The fourth-order valence-electron chi connectivity index (χ4n) is 3.52. The summed E-state index contributed by atoms with van der Waals surface area (Å²) >= 11 is 13.0. The van der Waals surface area contributed by atoms with Crippen LogP contribution in [-0.2, 0) is 11.3 Å². The van der Waals surface area contributed by atoms with Crippen molar-refractivity contribution in [2.75, 3.05) is 0 Å². The Balaban J connectivity index is 1.36. The molecule has 2 heterocycles. The Labute approximate surface area is 198 Å². The third kappa shape index (κ3) is 4.07. The fraction of sp³-hybridized carbons (Fsp3) is 0.0400. The predicted octanol–water partition coefficient (Wildman–Crippen LogP) is 7.64. The number of carbonyl (C=O) groups is 2. The second kappa shape index (κ2) is 8.51. The number of fused-ring (bicyclic) bond motifs is 1. The molecule has 7 heteroatoms. The number of thioether (sulfide) groups is 1. The first-order chi connectivity index (χ1) is 15.5. The molecular formula is C25H15Cl2NO3S. The van der Waals surface area contributed by atoms with Crippen LogP contribution in [0.1, 0.15) is 11.3 Å². The molecule has 4 aromatic rings. The lowest BCUT2D eigenvalue weighted by Gasteiger charge is -2.13. The maximum absolute atomic E-state index is 12.9. The molecule has 0 aliphatic carbocycles. The van der Waals surface area contributed by atoms with Gasteiger partial charge >= 0.3 is 0 Å². The van der Waals surface area contributed by atoms with E-state index >= 15 is 0 Å². The average molecular weight is 480 g/mol. The van der Waals surface area contributed by atoms with Crippen molar-refractivity contribution in [2.24, 2.45) is 0 Å². The smallest absolute Gasteiger partial charge is 0.293 e. The van der Waals surface area contributed by atoms with E-state index in [0.717, 1.165) is 33.7 Å². The van der Waals surface area contributed by atoms with E-state index in [1.54, 1.807) is 36.4 Å². The highest BCUT2D eigenvalue weighted by Crippen LogP contribution is 2.35. The largest absolute Gasteiger partial charge is 0.457 e. The van der Waals surface area contributed by atoms with Gasteiger partial charge in [0.15, 0.2) is 0 Å². The van der Waals surface area contributed by atoms with Crippen molar-refractivity contribution in [1.29, 1.82) is 0 Å². The predicted molar refractivity (Wildman–Crippen MR) is 130 cm³/mol. The van der Waals surface area contributed by atoms with Gasteiger partial charge in [-0.3, -0.25) is 14.5 Å². The van der Waals surface area contributed by atoms with Crippen LogP contribution in [0.5, 0.6) is 0 Å². The van der Waals surface area contributed by atoms with E-state index in [2.05, 4.69) is 0 Å². The Bertz CT molecular complexity index is 1410. The number of rotatable bonds is 4. The van der Waals surface area contributed by atoms with Gasteiger partial charge in [0, 0.05) is 11.6 Å². The maximum atomic E-state index is 12.9. The lowest BCUT2D eigenvalue weighted by atomic mass is 10.1. The van der Waals surface area contributed by atoms with Crippen molar-refractivity contribution in [3.8, 4) is 11.3 Å². The summed E-state index contributed by atoms with van der Waals surface area (Å²) in [6, 6.07) is 22.6. The Hall–Kier alpha value is -2.99.